The first-order valence-corrected chi connectivity index (χ1v) is 7.01. The number of nitrogens with one attached hydrogen (secondary N) is 1. The predicted octanol–water partition coefficient (Wildman–Crippen LogP) is 4.22. The number of aromatic hydroxyl groups is 1. The van der Waals surface area contributed by atoms with Crippen molar-refractivity contribution >= 4 is 17.3 Å². The molecule has 0 saturated carbocycles. The molecule has 0 spiro atoms. The minimum absolute atomic E-state index is 0.104. The zero-order valence-corrected chi connectivity index (χ0v) is 12.8. The van der Waals surface area contributed by atoms with Crippen LogP contribution in [-0.4, -0.2) is 23.6 Å². The number of halogens is 6. The van der Waals surface area contributed by atoms with E-state index in [4.69, 9.17) is 5.73 Å². The fourth-order valence-electron chi connectivity index (χ4n) is 2.22. The van der Waals surface area contributed by atoms with E-state index in [0.29, 0.717) is 18.2 Å². The van der Waals surface area contributed by atoms with E-state index in [-0.39, 0.29) is 11.3 Å². The fourth-order valence-corrected chi connectivity index (χ4v) is 2.22. The standard InChI is InChI=1S/C16H12F6N2O2/c17-14(18)15(19,16(20,21)22)11-5-4-10(25)7-12(11)24-13(26)8-2-1-3-9(23)6-8/h1-7,14,25H,23H2,(H,24,26). The van der Waals surface area contributed by atoms with Gasteiger partial charge in [-0.2, -0.15) is 13.2 Å². The molecule has 26 heavy (non-hydrogen) atoms. The molecular formula is C16H12F6N2O2. The van der Waals surface area contributed by atoms with E-state index in [1.54, 1.807) is 0 Å². The van der Waals surface area contributed by atoms with Crippen LogP contribution in [0.4, 0.5) is 37.7 Å². The Hall–Kier alpha value is -2.91. The molecule has 140 valence electrons. The quantitative estimate of drug-likeness (QED) is 0.551. The maximum Gasteiger partial charge on any atom is 0.432 e. The van der Waals surface area contributed by atoms with Crippen LogP contribution in [0.3, 0.4) is 0 Å². The highest BCUT2D eigenvalue weighted by molar-refractivity contribution is 6.05. The van der Waals surface area contributed by atoms with E-state index in [1.165, 1.54) is 24.3 Å². The number of benzene rings is 2. The first-order valence-electron chi connectivity index (χ1n) is 7.01. The molecule has 1 atom stereocenters. The number of phenolic OH excluding ortho intramolecular Hbond substituents is 1. The molecule has 0 aliphatic carbocycles. The SMILES string of the molecule is Nc1cccc(C(=O)Nc2cc(O)ccc2C(F)(C(F)F)C(F)(F)F)c1. The summed E-state index contributed by atoms with van der Waals surface area (Å²) in [7, 11) is 0. The largest absolute Gasteiger partial charge is 0.508 e. The van der Waals surface area contributed by atoms with Crippen LogP contribution in [-0.2, 0) is 5.67 Å². The summed E-state index contributed by atoms with van der Waals surface area (Å²) in [5.41, 5.74) is -1.98. The molecule has 2 rings (SSSR count). The lowest BCUT2D eigenvalue weighted by Crippen LogP contribution is -2.45. The molecule has 0 radical (unpaired) electrons. The summed E-state index contributed by atoms with van der Waals surface area (Å²) in [6.45, 7) is 0. The first-order chi connectivity index (χ1) is 12.0. The highest BCUT2D eigenvalue weighted by atomic mass is 19.4. The number of amides is 1. The van der Waals surface area contributed by atoms with Crippen LogP contribution in [0.15, 0.2) is 42.5 Å². The molecule has 2 aromatic rings. The molecule has 1 unspecified atom stereocenters. The van der Waals surface area contributed by atoms with Crippen molar-refractivity contribution in [2.45, 2.75) is 18.3 Å². The summed E-state index contributed by atoms with van der Waals surface area (Å²) in [4.78, 5) is 12.1. The van der Waals surface area contributed by atoms with Gasteiger partial charge in [-0.25, -0.2) is 13.2 Å². The van der Waals surface area contributed by atoms with Crippen LogP contribution < -0.4 is 11.1 Å². The van der Waals surface area contributed by atoms with Crippen molar-refractivity contribution in [1.29, 1.82) is 0 Å². The van der Waals surface area contributed by atoms with E-state index in [1.807, 2.05) is 5.32 Å². The third-order valence-electron chi connectivity index (χ3n) is 3.51. The summed E-state index contributed by atoms with van der Waals surface area (Å²) in [6, 6.07) is 6.73. The van der Waals surface area contributed by atoms with Gasteiger partial charge in [-0.3, -0.25) is 4.79 Å². The molecule has 0 bridgehead atoms. The van der Waals surface area contributed by atoms with Crippen LogP contribution in [0.2, 0.25) is 0 Å². The highest BCUT2D eigenvalue weighted by Gasteiger charge is 2.64. The fraction of sp³-hybridized carbons (Fsp3) is 0.188. The number of hydrogen-bond acceptors (Lipinski definition) is 3. The normalized spacial score (nSPS) is 14.1. The van der Waals surface area contributed by atoms with Crippen molar-refractivity contribution in [3.63, 3.8) is 0 Å². The van der Waals surface area contributed by atoms with Crippen molar-refractivity contribution in [3.05, 3.63) is 53.6 Å². The van der Waals surface area contributed by atoms with E-state index in [9.17, 15) is 36.2 Å². The number of rotatable bonds is 4. The smallest absolute Gasteiger partial charge is 0.432 e. The third kappa shape index (κ3) is 3.53. The van der Waals surface area contributed by atoms with E-state index in [0.717, 1.165) is 0 Å². The van der Waals surface area contributed by atoms with Crippen molar-refractivity contribution in [3.8, 4) is 5.75 Å². The number of hydrogen-bond donors (Lipinski definition) is 3. The number of alkyl halides is 6. The summed E-state index contributed by atoms with van der Waals surface area (Å²) in [5, 5.41) is 11.3. The first kappa shape index (κ1) is 19.4. The Labute approximate surface area is 143 Å². The lowest BCUT2D eigenvalue weighted by atomic mass is 9.93. The van der Waals surface area contributed by atoms with Gasteiger partial charge in [0.05, 0.1) is 5.69 Å². The Balaban J connectivity index is 2.53. The number of phenols is 1. The molecule has 0 heterocycles. The summed E-state index contributed by atoms with van der Waals surface area (Å²) >= 11 is 0. The summed E-state index contributed by atoms with van der Waals surface area (Å²) in [5.74, 6) is -1.68. The molecule has 0 fully saturated rings. The third-order valence-corrected chi connectivity index (χ3v) is 3.51. The van der Waals surface area contributed by atoms with Crippen molar-refractivity contribution in [1.82, 2.24) is 0 Å². The van der Waals surface area contributed by atoms with Gasteiger partial charge in [-0.05, 0) is 30.3 Å². The van der Waals surface area contributed by atoms with Crippen LogP contribution >= 0.6 is 0 Å². The van der Waals surface area contributed by atoms with Gasteiger partial charge in [0, 0.05) is 22.9 Å². The number of nitrogen functional groups attached to an aromatic ring is 1. The zero-order chi connectivity index (χ0) is 19.7. The molecule has 4 N–H and O–H groups in total. The lowest BCUT2D eigenvalue weighted by molar-refractivity contribution is -0.274. The monoisotopic (exact) mass is 378 g/mol. The average molecular weight is 378 g/mol. The van der Waals surface area contributed by atoms with Gasteiger partial charge >= 0.3 is 6.18 Å². The summed E-state index contributed by atoms with van der Waals surface area (Å²) < 4.78 is 79.2. The Morgan fingerprint density at radius 2 is 1.73 bits per heavy atom. The van der Waals surface area contributed by atoms with Gasteiger partial charge in [0.15, 0.2) is 0 Å². The van der Waals surface area contributed by atoms with E-state index in [2.05, 4.69) is 0 Å². The number of carbonyl (C=O) groups excluding carboxylic acids is 1. The number of carbonyl (C=O) groups is 1. The van der Waals surface area contributed by atoms with Gasteiger partial charge in [-0.1, -0.05) is 6.07 Å². The molecule has 0 aliphatic heterocycles. The van der Waals surface area contributed by atoms with Crippen molar-refractivity contribution in [2.24, 2.45) is 0 Å². The van der Waals surface area contributed by atoms with E-state index < -0.39 is 41.2 Å². The van der Waals surface area contributed by atoms with Crippen LogP contribution in [0, 0.1) is 0 Å². The van der Waals surface area contributed by atoms with Crippen LogP contribution in [0.5, 0.6) is 5.75 Å². The van der Waals surface area contributed by atoms with Crippen LogP contribution in [0.1, 0.15) is 15.9 Å². The van der Waals surface area contributed by atoms with Gasteiger partial charge in [0.1, 0.15) is 5.75 Å². The Morgan fingerprint density at radius 3 is 2.27 bits per heavy atom. The highest BCUT2D eigenvalue weighted by Crippen LogP contribution is 2.49. The lowest BCUT2D eigenvalue weighted by Gasteiger charge is -2.29. The number of anilines is 2. The molecule has 0 aliphatic rings. The molecule has 0 aromatic heterocycles. The zero-order valence-electron chi connectivity index (χ0n) is 12.8. The van der Waals surface area contributed by atoms with Crippen molar-refractivity contribution in [2.75, 3.05) is 11.1 Å². The number of nitrogens with two attached hydrogens (primary N) is 1. The van der Waals surface area contributed by atoms with Crippen LogP contribution in [0.25, 0.3) is 0 Å². The van der Waals surface area contributed by atoms with Gasteiger partial charge < -0.3 is 16.2 Å². The van der Waals surface area contributed by atoms with Crippen molar-refractivity contribution < 1.29 is 36.2 Å². The second-order valence-corrected chi connectivity index (χ2v) is 5.32. The van der Waals surface area contributed by atoms with Gasteiger partial charge in [0.2, 0.25) is 0 Å². The Bertz CT molecular complexity index is 825. The molecular weight excluding hydrogens is 366 g/mol. The molecule has 0 saturated heterocycles. The molecule has 1 amide bonds. The second-order valence-electron chi connectivity index (χ2n) is 5.32. The Morgan fingerprint density at radius 1 is 1.08 bits per heavy atom. The maximum absolute atomic E-state index is 14.3. The second kappa shape index (κ2) is 6.77. The molecule has 2 aromatic carbocycles. The molecule has 4 nitrogen and oxygen atoms in total. The molecule has 10 heteroatoms. The minimum atomic E-state index is -5.96. The van der Waals surface area contributed by atoms with Gasteiger partial charge in [-0.15, -0.1) is 0 Å². The van der Waals surface area contributed by atoms with E-state index >= 15 is 0 Å². The topological polar surface area (TPSA) is 75.4 Å². The average Bonchev–Trinajstić information content (AvgIpc) is 2.53. The van der Waals surface area contributed by atoms with Gasteiger partial charge in [0.25, 0.3) is 18.0 Å². The maximum atomic E-state index is 14.3. The predicted molar refractivity (Wildman–Crippen MR) is 81.8 cm³/mol. The minimum Gasteiger partial charge on any atom is -0.508 e. The summed E-state index contributed by atoms with van der Waals surface area (Å²) in [6.07, 6.45) is -10.4. The Kier molecular flexibility index (Phi) is 5.06.